The summed E-state index contributed by atoms with van der Waals surface area (Å²) in [5.41, 5.74) is 11.4. The Balaban J connectivity index is 2.49. The van der Waals surface area contributed by atoms with E-state index in [2.05, 4.69) is 42.0 Å². The average molecular weight is 215 g/mol. The number of imidazole rings is 1. The van der Waals surface area contributed by atoms with Gasteiger partial charge in [-0.05, 0) is 32.0 Å². The Kier molecular flexibility index (Phi) is 3.06. The first-order valence-electron chi connectivity index (χ1n) is 5.52. The van der Waals surface area contributed by atoms with Gasteiger partial charge in [-0.15, -0.1) is 0 Å². The molecule has 2 rings (SSSR count). The first-order chi connectivity index (χ1) is 7.72. The highest BCUT2D eigenvalue weighted by Gasteiger charge is 2.09. The van der Waals surface area contributed by atoms with E-state index in [4.69, 9.17) is 5.73 Å². The minimum absolute atomic E-state index is 0.639. The van der Waals surface area contributed by atoms with E-state index in [1.807, 2.05) is 0 Å². The molecule has 0 amide bonds. The molecule has 3 N–H and O–H groups in total. The van der Waals surface area contributed by atoms with E-state index in [1.165, 1.54) is 16.7 Å². The number of hydrogen-bond donors (Lipinski definition) is 2. The topological polar surface area (TPSA) is 54.7 Å². The van der Waals surface area contributed by atoms with Crippen molar-refractivity contribution in [3.05, 3.63) is 41.3 Å². The maximum atomic E-state index is 5.59. The Morgan fingerprint density at radius 2 is 2.12 bits per heavy atom. The third kappa shape index (κ3) is 1.99. The van der Waals surface area contributed by atoms with Crippen LogP contribution < -0.4 is 5.73 Å². The number of nitrogens with one attached hydrogen (secondary N) is 1. The van der Waals surface area contributed by atoms with Crippen LogP contribution in [0.5, 0.6) is 0 Å². The lowest BCUT2D eigenvalue weighted by molar-refractivity contribution is 0.936. The summed E-state index contributed by atoms with van der Waals surface area (Å²) in [4.78, 5) is 7.56. The van der Waals surface area contributed by atoms with Gasteiger partial charge in [0.25, 0.3) is 0 Å². The molecule has 3 nitrogen and oxygen atoms in total. The van der Waals surface area contributed by atoms with Crippen LogP contribution in [0.25, 0.3) is 11.3 Å². The van der Waals surface area contributed by atoms with Gasteiger partial charge in [-0.1, -0.05) is 17.7 Å². The minimum Gasteiger partial charge on any atom is -0.348 e. The number of nitrogens with two attached hydrogens (primary N) is 1. The van der Waals surface area contributed by atoms with Crippen LogP contribution in [-0.4, -0.2) is 16.5 Å². The van der Waals surface area contributed by atoms with Gasteiger partial charge in [0.2, 0.25) is 0 Å². The molecule has 1 heterocycles. The Hall–Kier alpha value is -1.61. The fourth-order valence-corrected chi connectivity index (χ4v) is 1.88. The molecule has 0 saturated heterocycles. The fourth-order valence-electron chi connectivity index (χ4n) is 1.88. The maximum absolute atomic E-state index is 5.59. The van der Waals surface area contributed by atoms with Crippen molar-refractivity contribution in [2.75, 3.05) is 6.54 Å². The zero-order valence-corrected chi connectivity index (χ0v) is 9.75. The largest absolute Gasteiger partial charge is 0.348 e. The minimum atomic E-state index is 0.639. The Morgan fingerprint density at radius 1 is 1.31 bits per heavy atom. The molecule has 2 aromatic rings. The summed E-state index contributed by atoms with van der Waals surface area (Å²) in [6.07, 6.45) is 2.57. The van der Waals surface area contributed by atoms with Gasteiger partial charge < -0.3 is 10.7 Å². The highest BCUT2D eigenvalue weighted by atomic mass is 14.9. The molecule has 0 unspecified atom stereocenters. The first-order valence-corrected chi connectivity index (χ1v) is 5.52. The number of nitrogens with zero attached hydrogens (tertiary/aromatic N) is 1. The first kappa shape index (κ1) is 10.9. The van der Waals surface area contributed by atoms with Crippen LogP contribution >= 0.6 is 0 Å². The third-order valence-electron chi connectivity index (χ3n) is 2.76. The van der Waals surface area contributed by atoms with Crippen LogP contribution in [0.3, 0.4) is 0 Å². The molecule has 1 aromatic carbocycles. The molecule has 0 radical (unpaired) electrons. The molecule has 84 valence electrons. The summed E-state index contributed by atoms with van der Waals surface area (Å²) in [6.45, 7) is 4.84. The van der Waals surface area contributed by atoms with Gasteiger partial charge in [0, 0.05) is 17.7 Å². The van der Waals surface area contributed by atoms with E-state index in [0.717, 1.165) is 17.8 Å². The van der Waals surface area contributed by atoms with Crippen LogP contribution in [0.15, 0.2) is 24.5 Å². The molecular weight excluding hydrogens is 198 g/mol. The molecule has 0 spiro atoms. The van der Waals surface area contributed by atoms with Gasteiger partial charge in [0.15, 0.2) is 0 Å². The molecule has 0 aliphatic rings. The molecule has 1 aromatic heterocycles. The second kappa shape index (κ2) is 4.49. The Labute approximate surface area is 95.7 Å². The van der Waals surface area contributed by atoms with Crippen molar-refractivity contribution >= 4 is 0 Å². The predicted octanol–water partition coefficient (Wildman–Crippen LogP) is 2.19. The van der Waals surface area contributed by atoms with E-state index < -0.39 is 0 Å². The van der Waals surface area contributed by atoms with E-state index in [-0.39, 0.29) is 0 Å². The lowest BCUT2D eigenvalue weighted by Crippen LogP contribution is -2.04. The zero-order chi connectivity index (χ0) is 11.5. The molecule has 0 fully saturated rings. The van der Waals surface area contributed by atoms with Crippen LogP contribution in [0.1, 0.15) is 16.8 Å². The number of rotatable bonds is 3. The quantitative estimate of drug-likeness (QED) is 0.824. The predicted molar refractivity (Wildman–Crippen MR) is 66.3 cm³/mol. The maximum Gasteiger partial charge on any atom is 0.0929 e. The van der Waals surface area contributed by atoms with Crippen molar-refractivity contribution in [2.45, 2.75) is 20.3 Å². The lowest BCUT2D eigenvalue weighted by Gasteiger charge is -2.06. The number of benzene rings is 1. The third-order valence-corrected chi connectivity index (χ3v) is 2.76. The van der Waals surface area contributed by atoms with Gasteiger partial charge >= 0.3 is 0 Å². The van der Waals surface area contributed by atoms with E-state index in [9.17, 15) is 0 Å². The molecule has 16 heavy (non-hydrogen) atoms. The standard InChI is InChI=1S/C13H17N3/c1-9-3-4-10(2)11(7-9)13-12(5-6-14)15-8-16-13/h3-4,7-8H,5-6,14H2,1-2H3,(H,15,16). The van der Waals surface area contributed by atoms with Crippen molar-refractivity contribution in [1.82, 2.24) is 9.97 Å². The van der Waals surface area contributed by atoms with Crippen molar-refractivity contribution in [2.24, 2.45) is 5.73 Å². The lowest BCUT2D eigenvalue weighted by atomic mass is 10.0. The zero-order valence-electron chi connectivity index (χ0n) is 9.75. The van der Waals surface area contributed by atoms with Crippen LogP contribution in [0.4, 0.5) is 0 Å². The fraction of sp³-hybridized carbons (Fsp3) is 0.308. The second-order valence-corrected chi connectivity index (χ2v) is 4.09. The van der Waals surface area contributed by atoms with Gasteiger partial charge in [0.05, 0.1) is 12.0 Å². The number of aromatic nitrogens is 2. The van der Waals surface area contributed by atoms with Gasteiger partial charge in [-0.3, -0.25) is 0 Å². The number of hydrogen-bond acceptors (Lipinski definition) is 2. The van der Waals surface area contributed by atoms with Crippen molar-refractivity contribution in [1.29, 1.82) is 0 Å². The molecule has 0 aliphatic carbocycles. The number of H-pyrrole nitrogens is 1. The highest BCUT2D eigenvalue weighted by molar-refractivity contribution is 5.66. The highest BCUT2D eigenvalue weighted by Crippen LogP contribution is 2.25. The molecule has 3 heteroatoms. The second-order valence-electron chi connectivity index (χ2n) is 4.09. The summed E-state index contributed by atoms with van der Waals surface area (Å²) in [5.74, 6) is 0. The van der Waals surface area contributed by atoms with Crippen LogP contribution in [0, 0.1) is 13.8 Å². The van der Waals surface area contributed by atoms with Crippen molar-refractivity contribution in [3.8, 4) is 11.3 Å². The van der Waals surface area contributed by atoms with Crippen LogP contribution in [-0.2, 0) is 6.42 Å². The molecule has 0 saturated carbocycles. The Bertz CT molecular complexity index is 486. The molecule has 0 aliphatic heterocycles. The molecular formula is C13H17N3. The summed E-state index contributed by atoms with van der Waals surface area (Å²) >= 11 is 0. The summed E-state index contributed by atoms with van der Waals surface area (Å²) in [6, 6.07) is 6.42. The van der Waals surface area contributed by atoms with E-state index in [1.54, 1.807) is 6.33 Å². The average Bonchev–Trinajstić information content (AvgIpc) is 2.70. The van der Waals surface area contributed by atoms with Crippen molar-refractivity contribution in [3.63, 3.8) is 0 Å². The molecule has 0 bridgehead atoms. The number of aryl methyl sites for hydroxylation is 2. The summed E-state index contributed by atoms with van der Waals surface area (Å²) in [7, 11) is 0. The Morgan fingerprint density at radius 3 is 2.88 bits per heavy atom. The van der Waals surface area contributed by atoms with Crippen molar-refractivity contribution < 1.29 is 0 Å². The number of aromatic amines is 1. The summed E-state index contributed by atoms with van der Waals surface area (Å²) < 4.78 is 0. The van der Waals surface area contributed by atoms with Gasteiger partial charge in [-0.2, -0.15) is 0 Å². The van der Waals surface area contributed by atoms with E-state index >= 15 is 0 Å². The monoisotopic (exact) mass is 215 g/mol. The van der Waals surface area contributed by atoms with Gasteiger partial charge in [-0.25, -0.2) is 4.98 Å². The van der Waals surface area contributed by atoms with Gasteiger partial charge in [0.1, 0.15) is 0 Å². The summed E-state index contributed by atoms with van der Waals surface area (Å²) in [5, 5.41) is 0. The van der Waals surface area contributed by atoms with E-state index in [0.29, 0.717) is 6.54 Å². The normalized spacial score (nSPS) is 10.7. The smallest absolute Gasteiger partial charge is 0.0929 e. The SMILES string of the molecule is Cc1ccc(C)c(-c2nc[nH]c2CCN)c1. The molecule has 0 atom stereocenters. The van der Waals surface area contributed by atoms with Crippen LogP contribution in [0.2, 0.25) is 0 Å².